The number of carbonyl (C=O) groups excluding carboxylic acids is 1. The van der Waals surface area contributed by atoms with Crippen LogP contribution in [0.3, 0.4) is 0 Å². The Morgan fingerprint density at radius 1 is 1.45 bits per heavy atom. The Labute approximate surface area is 131 Å². The standard InChI is InChI=1S/C13H15BrClNO3S/c1-7-4-8(5-9(11(7)14)20(15,18)19)12(17)16-10-6-13(10,2)3/h4-5,10H,6H2,1-3H3,(H,16,17). The first-order valence-corrected chi connectivity index (χ1v) is 9.18. The number of rotatable bonds is 3. The van der Waals surface area contributed by atoms with E-state index in [0.717, 1.165) is 6.42 Å². The van der Waals surface area contributed by atoms with Crippen molar-refractivity contribution in [2.75, 3.05) is 0 Å². The molecule has 0 radical (unpaired) electrons. The van der Waals surface area contributed by atoms with Crippen LogP contribution in [0.15, 0.2) is 21.5 Å². The maximum Gasteiger partial charge on any atom is 0.262 e. The van der Waals surface area contributed by atoms with E-state index in [9.17, 15) is 13.2 Å². The lowest BCUT2D eigenvalue weighted by atomic mass is 10.1. The zero-order valence-electron chi connectivity index (χ0n) is 11.3. The summed E-state index contributed by atoms with van der Waals surface area (Å²) in [5, 5.41) is 2.89. The highest BCUT2D eigenvalue weighted by atomic mass is 79.9. The van der Waals surface area contributed by atoms with Gasteiger partial charge in [-0.3, -0.25) is 4.79 Å². The van der Waals surface area contributed by atoms with E-state index in [0.29, 0.717) is 15.6 Å². The highest BCUT2D eigenvalue weighted by Gasteiger charge is 2.46. The molecule has 1 aliphatic carbocycles. The van der Waals surface area contributed by atoms with Crippen molar-refractivity contribution in [3.05, 3.63) is 27.7 Å². The van der Waals surface area contributed by atoms with Gasteiger partial charge in [-0.1, -0.05) is 13.8 Å². The summed E-state index contributed by atoms with van der Waals surface area (Å²) >= 11 is 3.19. The number of hydrogen-bond acceptors (Lipinski definition) is 3. The molecule has 1 aromatic rings. The molecule has 0 spiro atoms. The van der Waals surface area contributed by atoms with Gasteiger partial charge in [-0.15, -0.1) is 0 Å². The van der Waals surface area contributed by atoms with Crippen molar-refractivity contribution in [2.24, 2.45) is 5.41 Å². The Morgan fingerprint density at radius 3 is 2.45 bits per heavy atom. The maximum absolute atomic E-state index is 12.2. The number of benzene rings is 1. The number of aryl methyl sites for hydroxylation is 1. The van der Waals surface area contributed by atoms with Gasteiger partial charge in [0.1, 0.15) is 0 Å². The summed E-state index contributed by atoms with van der Waals surface area (Å²) in [4.78, 5) is 12.1. The van der Waals surface area contributed by atoms with Gasteiger partial charge in [0.25, 0.3) is 15.0 Å². The number of carbonyl (C=O) groups is 1. The summed E-state index contributed by atoms with van der Waals surface area (Å²) < 4.78 is 23.4. The molecule has 110 valence electrons. The van der Waals surface area contributed by atoms with Gasteiger partial charge < -0.3 is 5.32 Å². The van der Waals surface area contributed by atoms with Gasteiger partial charge >= 0.3 is 0 Å². The fraction of sp³-hybridized carbons (Fsp3) is 0.462. The van der Waals surface area contributed by atoms with Gasteiger partial charge in [0.2, 0.25) is 0 Å². The summed E-state index contributed by atoms with van der Waals surface area (Å²) in [5.41, 5.74) is 1.06. The number of amides is 1. The molecule has 1 fully saturated rings. The minimum absolute atomic E-state index is 0.0839. The number of halogens is 2. The summed E-state index contributed by atoms with van der Waals surface area (Å²) in [7, 11) is 1.48. The van der Waals surface area contributed by atoms with Crippen LogP contribution in [0.2, 0.25) is 0 Å². The SMILES string of the molecule is Cc1cc(C(=O)NC2CC2(C)C)cc(S(=O)(=O)Cl)c1Br. The van der Waals surface area contributed by atoms with Crippen LogP contribution in [0.5, 0.6) is 0 Å². The molecule has 2 rings (SSSR count). The van der Waals surface area contributed by atoms with Gasteiger partial charge in [-0.05, 0) is 52.4 Å². The molecule has 7 heteroatoms. The lowest BCUT2D eigenvalue weighted by molar-refractivity contribution is 0.0946. The van der Waals surface area contributed by atoms with E-state index in [-0.39, 0.29) is 22.3 Å². The first-order valence-electron chi connectivity index (χ1n) is 6.08. The fourth-order valence-electron chi connectivity index (χ4n) is 2.00. The summed E-state index contributed by atoms with van der Waals surface area (Å²) in [5.74, 6) is -0.280. The third-order valence-corrected chi connectivity index (χ3v) is 6.23. The Hall–Kier alpha value is -0.590. The molecule has 1 aromatic carbocycles. The molecular formula is C13H15BrClNO3S. The van der Waals surface area contributed by atoms with E-state index in [1.54, 1.807) is 13.0 Å². The topological polar surface area (TPSA) is 63.2 Å². The van der Waals surface area contributed by atoms with Crippen molar-refractivity contribution in [1.29, 1.82) is 0 Å². The largest absolute Gasteiger partial charge is 0.349 e. The Balaban J connectivity index is 2.34. The molecule has 20 heavy (non-hydrogen) atoms. The van der Waals surface area contributed by atoms with Gasteiger partial charge in [-0.25, -0.2) is 8.42 Å². The second-order valence-corrected chi connectivity index (χ2v) is 9.09. The second kappa shape index (κ2) is 5.00. The van der Waals surface area contributed by atoms with Crippen LogP contribution in [0.1, 0.15) is 36.2 Å². The van der Waals surface area contributed by atoms with Gasteiger partial charge in [-0.2, -0.15) is 0 Å². The van der Waals surface area contributed by atoms with Crippen molar-refractivity contribution < 1.29 is 13.2 Å². The summed E-state index contributed by atoms with van der Waals surface area (Å²) in [6, 6.07) is 3.07. The van der Waals surface area contributed by atoms with E-state index in [1.807, 2.05) is 0 Å². The van der Waals surface area contributed by atoms with Crippen molar-refractivity contribution >= 4 is 41.6 Å². The van der Waals surface area contributed by atoms with Crippen molar-refractivity contribution in [3.8, 4) is 0 Å². The maximum atomic E-state index is 12.2. The first kappa shape index (κ1) is 15.8. The molecule has 0 bridgehead atoms. The average molecular weight is 381 g/mol. The molecule has 0 aliphatic heterocycles. The summed E-state index contributed by atoms with van der Waals surface area (Å²) in [6.45, 7) is 5.85. The molecule has 0 aromatic heterocycles. The normalized spacial score (nSPS) is 20.6. The smallest absolute Gasteiger partial charge is 0.262 e. The third kappa shape index (κ3) is 3.18. The molecule has 0 saturated heterocycles. The third-order valence-electron chi connectivity index (χ3n) is 3.56. The minimum atomic E-state index is -3.90. The molecule has 1 atom stereocenters. The summed E-state index contributed by atoms with van der Waals surface area (Å²) in [6.07, 6.45) is 0.926. The van der Waals surface area contributed by atoms with Gasteiger partial charge in [0, 0.05) is 26.8 Å². The molecule has 1 unspecified atom stereocenters. The first-order chi connectivity index (χ1) is 9.02. The van der Waals surface area contributed by atoms with Crippen LogP contribution in [0.25, 0.3) is 0 Å². The van der Waals surface area contributed by atoms with E-state index >= 15 is 0 Å². The van der Waals surface area contributed by atoms with Crippen LogP contribution in [0, 0.1) is 12.3 Å². The fourth-order valence-corrected chi connectivity index (χ4v) is 4.16. The highest BCUT2D eigenvalue weighted by molar-refractivity contribution is 9.10. The molecular weight excluding hydrogens is 366 g/mol. The zero-order chi connectivity index (χ0) is 15.3. The predicted octanol–water partition coefficient (Wildman–Crippen LogP) is 3.21. The highest BCUT2D eigenvalue weighted by Crippen LogP contribution is 2.44. The Morgan fingerprint density at radius 2 is 2.00 bits per heavy atom. The lowest BCUT2D eigenvalue weighted by Gasteiger charge is -2.10. The molecule has 1 saturated carbocycles. The van der Waals surface area contributed by atoms with E-state index in [4.69, 9.17) is 10.7 Å². The van der Waals surface area contributed by atoms with Crippen LogP contribution < -0.4 is 5.32 Å². The van der Waals surface area contributed by atoms with Crippen LogP contribution >= 0.6 is 26.6 Å². The Bertz CT molecular complexity index is 685. The lowest BCUT2D eigenvalue weighted by Crippen LogP contribution is -2.28. The van der Waals surface area contributed by atoms with Crippen LogP contribution in [-0.2, 0) is 9.05 Å². The van der Waals surface area contributed by atoms with Gasteiger partial charge in [0.05, 0.1) is 4.90 Å². The molecule has 1 aliphatic rings. The monoisotopic (exact) mass is 379 g/mol. The van der Waals surface area contributed by atoms with E-state index in [2.05, 4.69) is 35.1 Å². The van der Waals surface area contributed by atoms with Crippen LogP contribution in [-0.4, -0.2) is 20.4 Å². The molecule has 4 nitrogen and oxygen atoms in total. The van der Waals surface area contributed by atoms with E-state index in [1.165, 1.54) is 6.07 Å². The van der Waals surface area contributed by atoms with Crippen molar-refractivity contribution in [1.82, 2.24) is 5.32 Å². The molecule has 0 heterocycles. The van der Waals surface area contributed by atoms with Crippen LogP contribution in [0.4, 0.5) is 0 Å². The quantitative estimate of drug-likeness (QED) is 0.819. The Kier molecular flexibility index (Phi) is 3.95. The van der Waals surface area contributed by atoms with Crippen molar-refractivity contribution in [3.63, 3.8) is 0 Å². The van der Waals surface area contributed by atoms with E-state index < -0.39 is 9.05 Å². The number of nitrogens with one attached hydrogen (secondary N) is 1. The average Bonchev–Trinajstić information content (AvgIpc) is 2.87. The van der Waals surface area contributed by atoms with Gasteiger partial charge in [0.15, 0.2) is 0 Å². The minimum Gasteiger partial charge on any atom is -0.349 e. The van der Waals surface area contributed by atoms with Crippen molar-refractivity contribution in [2.45, 2.75) is 38.1 Å². The predicted molar refractivity (Wildman–Crippen MR) is 81.6 cm³/mol. The molecule has 1 amide bonds. The molecule has 1 N–H and O–H groups in total. The zero-order valence-corrected chi connectivity index (χ0v) is 14.5. The second-order valence-electron chi connectivity index (χ2n) is 5.76. The number of hydrogen-bond donors (Lipinski definition) is 1.